The summed E-state index contributed by atoms with van der Waals surface area (Å²) in [5.41, 5.74) is 1.63. The standard InChI is InChI=1S/C25H31BrN2O3S/c1-25(2)20-11-9-19(21(25)14-20)15-27-24(29)18-10-12-22(26)23(13-18)32(30,31)28(3)16-17-7-5-4-6-8-17/h4-8,10,12-13,19-21H,9,11,14-16H2,1-3H3,(H,27,29). The topological polar surface area (TPSA) is 66.5 Å². The molecule has 1 amide bonds. The SMILES string of the molecule is CN(Cc1ccccc1)S(=O)(=O)c1cc(C(=O)NCC2CCC3CC2C3(C)C)ccc1Br. The van der Waals surface area contributed by atoms with E-state index in [0.29, 0.717) is 33.8 Å². The maximum absolute atomic E-state index is 13.2. The summed E-state index contributed by atoms with van der Waals surface area (Å²) in [6.07, 6.45) is 3.66. The van der Waals surface area contributed by atoms with Crippen molar-refractivity contribution in [2.24, 2.45) is 23.2 Å². The molecule has 7 heteroatoms. The lowest BCUT2D eigenvalue weighted by Crippen LogP contribution is -2.54. The van der Waals surface area contributed by atoms with Crippen LogP contribution in [0.3, 0.4) is 0 Å². The van der Waals surface area contributed by atoms with E-state index in [2.05, 4.69) is 35.1 Å². The Hall–Kier alpha value is -1.70. The molecule has 32 heavy (non-hydrogen) atoms. The molecule has 3 aliphatic carbocycles. The van der Waals surface area contributed by atoms with Gasteiger partial charge in [-0.1, -0.05) is 44.2 Å². The van der Waals surface area contributed by atoms with E-state index in [4.69, 9.17) is 0 Å². The number of carbonyl (C=O) groups is 1. The zero-order chi connectivity index (χ0) is 23.1. The van der Waals surface area contributed by atoms with Gasteiger partial charge in [-0.25, -0.2) is 8.42 Å². The Morgan fingerprint density at radius 3 is 2.53 bits per heavy atom. The molecular formula is C25H31BrN2O3S. The van der Waals surface area contributed by atoms with Gasteiger partial charge in [-0.3, -0.25) is 4.79 Å². The molecule has 3 fully saturated rings. The number of sulfonamides is 1. The van der Waals surface area contributed by atoms with Gasteiger partial charge in [-0.2, -0.15) is 4.31 Å². The quantitative estimate of drug-likeness (QED) is 0.556. The molecule has 5 nitrogen and oxygen atoms in total. The minimum Gasteiger partial charge on any atom is -0.352 e. The van der Waals surface area contributed by atoms with Crippen LogP contribution in [-0.4, -0.2) is 32.2 Å². The summed E-state index contributed by atoms with van der Waals surface area (Å²) in [5.74, 6) is 1.76. The van der Waals surface area contributed by atoms with Gasteiger partial charge in [0.05, 0.1) is 4.90 Å². The van der Waals surface area contributed by atoms with Gasteiger partial charge in [0, 0.05) is 30.2 Å². The van der Waals surface area contributed by atoms with Crippen molar-refractivity contribution in [2.45, 2.75) is 44.6 Å². The molecule has 0 heterocycles. The van der Waals surface area contributed by atoms with Crippen LogP contribution in [0, 0.1) is 23.2 Å². The second kappa shape index (κ2) is 8.92. The van der Waals surface area contributed by atoms with Crippen molar-refractivity contribution in [3.8, 4) is 0 Å². The maximum Gasteiger partial charge on any atom is 0.251 e. The average Bonchev–Trinajstić information content (AvgIpc) is 2.78. The van der Waals surface area contributed by atoms with Crippen LogP contribution < -0.4 is 5.32 Å². The van der Waals surface area contributed by atoms with E-state index in [0.717, 1.165) is 17.9 Å². The summed E-state index contributed by atoms with van der Waals surface area (Å²) < 4.78 is 28.2. The predicted molar refractivity (Wildman–Crippen MR) is 130 cm³/mol. The fraction of sp³-hybridized carbons (Fsp3) is 0.480. The van der Waals surface area contributed by atoms with E-state index < -0.39 is 10.0 Å². The van der Waals surface area contributed by atoms with E-state index in [9.17, 15) is 13.2 Å². The number of hydrogen-bond acceptors (Lipinski definition) is 3. The second-order valence-electron chi connectivity index (χ2n) is 9.80. The number of amides is 1. The van der Waals surface area contributed by atoms with Crippen LogP contribution in [0.4, 0.5) is 0 Å². The van der Waals surface area contributed by atoms with Crippen molar-refractivity contribution in [1.82, 2.24) is 9.62 Å². The van der Waals surface area contributed by atoms with E-state index in [1.54, 1.807) is 19.2 Å². The third-order valence-corrected chi connectivity index (χ3v) is 10.5. The summed E-state index contributed by atoms with van der Waals surface area (Å²) in [7, 11) is -2.22. The Labute approximate surface area is 199 Å². The molecule has 1 N–H and O–H groups in total. The van der Waals surface area contributed by atoms with Crippen LogP contribution >= 0.6 is 15.9 Å². The Bertz CT molecular complexity index is 1100. The molecule has 3 atom stereocenters. The van der Waals surface area contributed by atoms with Gasteiger partial charge in [-0.05, 0) is 82.1 Å². The first-order valence-corrected chi connectivity index (χ1v) is 13.4. The van der Waals surface area contributed by atoms with Crippen LogP contribution in [0.15, 0.2) is 57.9 Å². The number of halogens is 1. The van der Waals surface area contributed by atoms with Gasteiger partial charge in [-0.15, -0.1) is 0 Å². The van der Waals surface area contributed by atoms with Crippen molar-refractivity contribution in [1.29, 1.82) is 0 Å². The van der Waals surface area contributed by atoms with Gasteiger partial charge < -0.3 is 5.32 Å². The van der Waals surface area contributed by atoms with Crippen LogP contribution in [0.25, 0.3) is 0 Å². The van der Waals surface area contributed by atoms with Crippen molar-refractivity contribution in [3.63, 3.8) is 0 Å². The van der Waals surface area contributed by atoms with Gasteiger partial charge in [0.2, 0.25) is 10.0 Å². The molecule has 0 saturated heterocycles. The van der Waals surface area contributed by atoms with E-state index >= 15 is 0 Å². The lowest BCUT2D eigenvalue weighted by Gasteiger charge is -2.60. The monoisotopic (exact) mass is 518 g/mol. The number of fused-ring (bicyclic) bond motifs is 2. The molecule has 3 aliphatic rings. The molecule has 0 radical (unpaired) electrons. The normalized spacial score (nSPS) is 24.1. The second-order valence-corrected chi connectivity index (χ2v) is 12.7. The summed E-state index contributed by atoms with van der Waals surface area (Å²) in [5, 5.41) is 3.07. The summed E-state index contributed by atoms with van der Waals surface area (Å²) in [6, 6.07) is 14.2. The molecule has 2 bridgehead atoms. The maximum atomic E-state index is 13.2. The number of rotatable bonds is 7. The Balaban J connectivity index is 1.46. The van der Waals surface area contributed by atoms with Gasteiger partial charge in [0.1, 0.15) is 0 Å². The Morgan fingerprint density at radius 1 is 1.16 bits per heavy atom. The highest BCUT2D eigenvalue weighted by molar-refractivity contribution is 9.10. The van der Waals surface area contributed by atoms with Gasteiger partial charge in [0.25, 0.3) is 5.91 Å². The number of nitrogens with one attached hydrogen (secondary N) is 1. The highest BCUT2D eigenvalue weighted by Gasteiger charge is 2.53. The lowest BCUT2D eigenvalue weighted by molar-refractivity contribution is -0.103. The van der Waals surface area contributed by atoms with Crippen LogP contribution in [0.5, 0.6) is 0 Å². The molecule has 3 saturated carbocycles. The molecule has 0 aliphatic heterocycles. The summed E-state index contributed by atoms with van der Waals surface area (Å²) in [6.45, 7) is 5.59. The Kier molecular flexibility index (Phi) is 6.54. The molecule has 2 aromatic rings. The summed E-state index contributed by atoms with van der Waals surface area (Å²) >= 11 is 3.36. The largest absolute Gasteiger partial charge is 0.352 e. The molecule has 3 unspecified atom stereocenters. The fourth-order valence-corrected chi connectivity index (χ4v) is 7.57. The van der Waals surface area contributed by atoms with E-state index in [1.165, 1.54) is 23.2 Å². The number of benzene rings is 2. The first-order chi connectivity index (χ1) is 15.1. The zero-order valence-corrected chi connectivity index (χ0v) is 21.2. The van der Waals surface area contributed by atoms with Crippen LogP contribution in [-0.2, 0) is 16.6 Å². The molecule has 2 aromatic carbocycles. The lowest BCUT2D eigenvalue weighted by atomic mass is 9.45. The van der Waals surface area contributed by atoms with Crippen molar-refractivity contribution >= 4 is 31.9 Å². The van der Waals surface area contributed by atoms with Crippen molar-refractivity contribution in [2.75, 3.05) is 13.6 Å². The Morgan fingerprint density at radius 2 is 1.88 bits per heavy atom. The molecular weight excluding hydrogens is 488 g/mol. The smallest absolute Gasteiger partial charge is 0.251 e. The third kappa shape index (κ3) is 4.39. The average molecular weight is 520 g/mol. The van der Waals surface area contributed by atoms with Crippen molar-refractivity contribution in [3.05, 3.63) is 64.1 Å². The zero-order valence-electron chi connectivity index (χ0n) is 18.8. The first-order valence-electron chi connectivity index (χ1n) is 11.2. The third-order valence-electron chi connectivity index (χ3n) is 7.66. The number of carbonyl (C=O) groups excluding carboxylic acids is 1. The van der Waals surface area contributed by atoms with Crippen LogP contribution in [0.1, 0.15) is 49.0 Å². The number of nitrogens with zero attached hydrogens (tertiary/aromatic N) is 1. The highest BCUT2D eigenvalue weighted by Crippen LogP contribution is 2.61. The number of hydrogen-bond donors (Lipinski definition) is 1. The molecule has 172 valence electrons. The van der Waals surface area contributed by atoms with E-state index in [1.807, 2.05) is 30.3 Å². The van der Waals surface area contributed by atoms with Gasteiger partial charge in [0.15, 0.2) is 0 Å². The minimum atomic E-state index is -3.77. The van der Waals surface area contributed by atoms with Crippen molar-refractivity contribution < 1.29 is 13.2 Å². The van der Waals surface area contributed by atoms with E-state index in [-0.39, 0.29) is 17.3 Å². The summed E-state index contributed by atoms with van der Waals surface area (Å²) in [4.78, 5) is 13.0. The van der Waals surface area contributed by atoms with Gasteiger partial charge >= 0.3 is 0 Å². The molecule has 0 spiro atoms. The highest BCUT2D eigenvalue weighted by atomic mass is 79.9. The predicted octanol–water partition coefficient (Wildman–Crippen LogP) is 5.07. The first kappa shape index (κ1) is 23.5. The minimum absolute atomic E-state index is 0.101. The molecule has 5 rings (SSSR count). The van der Waals surface area contributed by atoms with Crippen LogP contribution in [0.2, 0.25) is 0 Å². The molecule has 0 aromatic heterocycles. The fourth-order valence-electron chi connectivity index (χ4n) is 5.47.